The van der Waals surface area contributed by atoms with Crippen LogP contribution in [-0.4, -0.2) is 6.09 Å². The van der Waals surface area contributed by atoms with Crippen LogP contribution in [0.15, 0.2) is 48.5 Å². The van der Waals surface area contributed by atoms with E-state index in [4.69, 9.17) is 10.00 Å². The van der Waals surface area contributed by atoms with Crippen LogP contribution in [0.2, 0.25) is 0 Å². The molecule has 23 heavy (non-hydrogen) atoms. The fraction of sp³-hybridized carbons (Fsp3) is 0.125. The number of hydrogen-bond donors (Lipinski definition) is 1. The highest BCUT2D eigenvalue weighted by Crippen LogP contribution is 2.31. The number of benzene rings is 2. The van der Waals surface area contributed by atoms with Crippen molar-refractivity contribution >= 4 is 11.8 Å². The number of hydrogen-bond acceptors (Lipinski definition) is 3. The Hall–Kier alpha value is -3.01. The molecule has 0 aliphatic rings. The highest BCUT2D eigenvalue weighted by atomic mass is 19.4. The zero-order valence-electron chi connectivity index (χ0n) is 11.7. The number of nitriles is 1. The Morgan fingerprint density at radius 2 is 1.87 bits per heavy atom. The summed E-state index contributed by atoms with van der Waals surface area (Å²) in [7, 11) is 0. The molecule has 0 saturated carbocycles. The number of nitrogens with one attached hydrogen (secondary N) is 1. The van der Waals surface area contributed by atoms with E-state index in [2.05, 4.69) is 5.32 Å². The fourth-order valence-electron chi connectivity index (χ4n) is 1.79. The van der Waals surface area contributed by atoms with E-state index in [1.807, 2.05) is 6.07 Å². The van der Waals surface area contributed by atoms with Crippen molar-refractivity contribution in [3.8, 4) is 6.07 Å². The van der Waals surface area contributed by atoms with Crippen molar-refractivity contribution in [3.63, 3.8) is 0 Å². The molecule has 0 unspecified atom stereocenters. The summed E-state index contributed by atoms with van der Waals surface area (Å²) >= 11 is 0. The summed E-state index contributed by atoms with van der Waals surface area (Å²) in [5, 5.41) is 11.2. The Bertz CT molecular complexity index is 737. The third kappa shape index (κ3) is 4.48. The average Bonchev–Trinajstić information content (AvgIpc) is 2.53. The molecule has 0 fully saturated rings. The number of rotatable bonds is 3. The van der Waals surface area contributed by atoms with Gasteiger partial charge in [-0.05, 0) is 23.8 Å². The van der Waals surface area contributed by atoms with Gasteiger partial charge < -0.3 is 4.74 Å². The molecular weight excluding hydrogens is 309 g/mol. The van der Waals surface area contributed by atoms with Gasteiger partial charge in [-0.1, -0.05) is 30.3 Å². The Balaban J connectivity index is 2.05. The van der Waals surface area contributed by atoms with Gasteiger partial charge in [-0.2, -0.15) is 18.4 Å². The first-order valence-corrected chi connectivity index (χ1v) is 6.49. The van der Waals surface area contributed by atoms with Crippen LogP contribution in [0.4, 0.5) is 23.7 Å². The Labute approximate surface area is 130 Å². The van der Waals surface area contributed by atoms with Crippen LogP contribution in [0.25, 0.3) is 0 Å². The van der Waals surface area contributed by atoms with Crippen LogP contribution in [0.1, 0.15) is 16.7 Å². The van der Waals surface area contributed by atoms with Gasteiger partial charge in [0.1, 0.15) is 12.7 Å². The van der Waals surface area contributed by atoms with Gasteiger partial charge in [0.25, 0.3) is 0 Å². The first-order chi connectivity index (χ1) is 10.9. The predicted octanol–water partition coefficient (Wildman–Crippen LogP) is 4.33. The predicted molar refractivity (Wildman–Crippen MR) is 76.4 cm³/mol. The van der Waals surface area contributed by atoms with Gasteiger partial charge >= 0.3 is 12.3 Å². The molecule has 0 saturated heterocycles. The van der Waals surface area contributed by atoms with E-state index in [0.29, 0.717) is 6.07 Å². The summed E-state index contributed by atoms with van der Waals surface area (Å²) in [6, 6.07) is 13.0. The molecule has 1 N–H and O–H groups in total. The lowest BCUT2D eigenvalue weighted by Gasteiger charge is -2.11. The fourth-order valence-corrected chi connectivity index (χ4v) is 1.79. The summed E-state index contributed by atoms with van der Waals surface area (Å²) in [6.07, 6.45) is -5.41. The minimum Gasteiger partial charge on any atom is -0.444 e. The summed E-state index contributed by atoms with van der Waals surface area (Å²) in [5.41, 5.74) is -0.539. The summed E-state index contributed by atoms with van der Waals surface area (Å²) < 4.78 is 42.7. The van der Waals surface area contributed by atoms with Crippen molar-refractivity contribution < 1.29 is 22.7 Å². The molecular formula is C16H11F3N2O2. The molecule has 0 atom stereocenters. The van der Waals surface area contributed by atoms with Gasteiger partial charge in [0.2, 0.25) is 0 Å². The number of amides is 1. The highest BCUT2D eigenvalue weighted by molar-refractivity contribution is 5.86. The van der Waals surface area contributed by atoms with Crippen molar-refractivity contribution in [1.82, 2.24) is 0 Å². The third-order valence-corrected chi connectivity index (χ3v) is 2.92. The van der Waals surface area contributed by atoms with E-state index in [1.165, 1.54) is 0 Å². The highest BCUT2D eigenvalue weighted by Gasteiger charge is 2.31. The van der Waals surface area contributed by atoms with Crippen molar-refractivity contribution in [2.75, 3.05) is 5.32 Å². The van der Waals surface area contributed by atoms with Gasteiger partial charge in [0.05, 0.1) is 16.8 Å². The topological polar surface area (TPSA) is 62.1 Å². The molecule has 0 heterocycles. The minimum atomic E-state index is -4.56. The van der Waals surface area contributed by atoms with Crippen molar-refractivity contribution in [2.24, 2.45) is 0 Å². The molecule has 0 spiro atoms. The Kier molecular flexibility index (Phi) is 4.86. The van der Waals surface area contributed by atoms with Gasteiger partial charge in [-0.25, -0.2) is 4.79 Å². The van der Waals surface area contributed by atoms with Crippen molar-refractivity contribution in [1.29, 1.82) is 5.26 Å². The molecule has 7 heteroatoms. The lowest BCUT2D eigenvalue weighted by Crippen LogP contribution is -2.15. The number of alkyl halides is 3. The maximum Gasteiger partial charge on any atom is 0.416 e. The van der Waals surface area contributed by atoms with E-state index in [1.54, 1.807) is 30.3 Å². The van der Waals surface area contributed by atoms with Gasteiger partial charge in [-0.3, -0.25) is 5.32 Å². The minimum absolute atomic E-state index is 0.00912. The standard InChI is InChI=1S/C16H11F3N2O2/c17-16(18,19)13-6-7-14(12(8-13)9-20)21-15(22)23-10-11-4-2-1-3-5-11/h1-8H,10H2,(H,21,22). The first kappa shape index (κ1) is 16.4. The maximum absolute atomic E-state index is 12.6. The monoisotopic (exact) mass is 320 g/mol. The van der Waals surface area contributed by atoms with E-state index >= 15 is 0 Å². The summed E-state index contributed by atoms with van der Waals surface area (Å²) in [6.45, 7) is 0.00912. The van der Waals surface area contributed by atoms with Gasteiger partial charge in [0.15, 0.2) is 0 Å². The van der Waals surface area contributed by atoms with E-state index in [-0.39, 0.29) is 17.9 Å². The zero-order valence-corrected chi connectivity index (χ0v) is 11.7. The van der Waals surface area contributed by atoms with Crippen LogP contribution < -0.4 is 5.32 Å². The van der Waals surface area contributed by atoms with Crippen LogP contribution >= 0.6 is 0 Å². The number of nitrogens with zero attached hydrogens (tertiary/aromatic N) is 1. The number of anilines is 1. The van der Waals surface area contributed by atoms with Crippen LogP contribution in [0.5, 0.6) is 0 Å². The molecule has 0 aromatic heterocycles. The van der Waals surface area contributed by atoms with E-state index in [0.717, 1.165) is 17.7 Å². The van der Waals surface area contributed by atoms with Gasteiger partial charge in [0, 0.05) is 0 Å². The largest absolute Gasteiger partial charge is 0.444 e. The smallest absolute Gasteiger partial charge is 0.416 e. The number of carbonyl (C=O) groups excluding carboxylic acids is 1. The van der Waals surface area contributed by atoms with Crippen molar-refractivity contribution in [2.45, 2.75) is 12.8 Å². The van der Waals surface area contributed by atoms with E-state index in [9.17, 15) is 18.0 Å². The van der Waals surface area contributed by atoms with Crippen LogP contribution in [0.3, 0.4) is 0 Å². The summed E-state index contributed by atoms with van der Waals surface area (Å²) in [4.78, 5) is 11.7. The second-order valence-corrected chi connectivity index (χ2v) is 4.56. The second-order valence-electron chi connectivity index (χ2n) is 4.56. The maximum atomic E-state index is 12.6. The van der Waals surface area contributed by atoms with Crippen LogP contribution in [-0.2, 0) is 17.5 Å². The number of ether oxygens (including phenoxy) is 1. The Morgan fingerprint density at radius 3 is 2.48 bits per heavy atom. The molecule has 118 valence electrons. The van der Waals surface area contributed by atoms with Gasteiger partial charge in [-0.15, -0.1) is 0 Å². The second kappa shape index (κ2) is 6.83. The SMILES string of the molecule is N#Cc1cc(C(F)(F)F)ccc1NC(=O)OCc1ccccc1. The normalized spacial score (nSPS) is 10.7. The lowest BCUT2D eigenvalue weighted by molar-refractivity contribution is -0.137. The molecule has 0 bridgehead atoms. The zero-order chi connectivity index (χ0) is 16.9. The molecule has 1 amide bonds. The quantitative estimate of drug-likeness (QED) is 0.916. The van der Waals surface area contributed by atoms with Crippen molar-refractivity contribution in [3.05, 3.63) is 65.2 Å². The molecule has 0 aliphatic carbocycles. The number of halogens is 3. The molecule has 2 aromatic rings. The molecule has 0 aliphatic heterocycles. The first-order valence-electron chi connectivity index (χ1n) is 6.49. The third-order valence-electron chi connectivity index (χ3n) is 2.92. The molecule has 0 radical (unpaired) electrons. The lowest BCUT2D eigenvalue weighted by atomic mass is 10.1. The summed E-state index contributed by atoms with van der Waals surface area (Å²) in [5.74, 6) is 0. The number of carbonyl (C=O) groups is 1. The Morgan fingerprint density at radius 1 is 1.17 bits per heavy atom. The average molecular weight is 320 g/mol. The molecule has 2 rings (SSSR count). The van der Waals surface area contributed by atoms with E-state index < -0.39 is 17.8 Å². The molecule has 4 nitrogen and oxygen atoms in total. The van der Waals surface area contributed by atoms with Crippen LogP contribution in [0, 0.1) is 11.3 Å². The molecule has 2 aromatic carbocycles.